The van der Waals surface area contributed by atoms with Gasteiger partial charge in [-0.1, -0.05) is 52.3 Å². The number of esters is 1. The zero-order chi connectivity index (χ0) is 17.4. The molecule has 0 N–H and O–H groups in total. The SMILES string of the molecule is COC(=O)c1cc(Br)cc2cnn(Cc3ccc4ccccc4c3)c12. The molecule has 124 valence electrons. The molecular formula is C20H15BrN2O2. The number of fused-ring (bicyclic) bond motifs is 2. The van der Waals surface area contributed by atoms with Crippen LogP contribution in [0.1, 0.15) is 15.9 Å². The lowest BCUT2D eigenvalue weighted by Gasteiger charge is -2.09. The second-order valence-corrected chi connectivity index (χ2v) is 6.78. The van der Waals surface area contributed by atoms with E-state index in [4.69, 9.17) is 4.74 Å². The van der Waals surface area contributed by atoms with E-state index in [1.165, 1.54) is 17.9 Å². The number of hydrogen-bond acceptors (Lipinski definition) is 3. The molecule has 0 aliphatic carbocycles. The second kappa shape index (κ2) is 6.33. The maximum atomic E-state index is 12.2. The molecule has 0 atom stereocenters. The zero-order valence-electron chi connectivity index (χ0n) is 13.6. The molecule has 1 heterocycles. The van der Waals surface area contributed by atoms with Crippen molar-refractivity contribution in [2.45, 2.75) is 6.54 Å². The Bertz CT molecular complexity index is 1100. The maximum Gasteiger partial charge on any atom is 0.340 e. The van der Waals surface area contributed by atoms with Crippen LogP contribution in [0.15, 0.2) is 65.3 Å². The van der Waals surface area contributed by atoms with Gasteiger partial charge in [-0.05, 0) is 34.5 Å². The third-order valence-corrected chi connectivity index (χ3v) is 4.71. The summed E-state index contributed by atoms with van der Waals surface area (Å²) in [6, 6.07) is 18.3. The zero-order valence-corrected chi connectivity index (χ0v) is 15.2. The standard InChI is InChI=1S/C20H15BrN2O2/c1-25-20(24)18-10-17(21)9-16-11-22-23(19(16)18)12-13-6-7-14-4-2-3-5-15(14)8-13/h2-11H,12H2,1H3. The van der Waals surface area contributed by atoms with Gasteiger partial charge in [0.2, 0.25) is 0 Å². The van der Waals surface area contributed by atoms with Gasteiger partial charge in [-0.3, -0.25) is 4.68 Å². The number of carbonyl (C=O) groups excluding carboxylic acids is 1. The minimum atomic E-state index is -0.369. The Hall–Kier alpha value is -2.66. The molecule has 0 saturated carbocycles. The molecule has 4 rings (SSSR count). The van der Waals surface area contributed by atoms with Crippen LogP contribution in [0.25, 0.3) is 21.7 Å². The van der Waals surface area contributed by atoms with Crippen LogP contribution in [-0.2, 0) is 11.3 Å². The third kappa shape index (κ3) is 2.91. The summed E-state index contributed by atoms with van der Waals surface area (Å²) in [5, 5.41) is 7.77. The Labute approximate surface area is 153 Å². The largest absolute Gasteiger partial charge is 0.465 e. The van der Waals surface area contributed by atoms with Gasteiger partial charge in [0.05, 0.1) is 30.9 Å². The normalized spacial score (nSPS) is 11.1. The summed E-state index contributed by atoms with van der Waals surface area (Å²) in [5.74, 6) is -0.369. The summed E-state index contributed by atoms with van der Waals surface area (Å²) in [6.07, 6.45) is 1.77. The van der Waals surface area contributed by atoms with E-state index >= 15 is 0 Å². The van der Waals surface area contributed by atoms with Crippen LogP contribution in [0.2, 0.25) is 0 Å². The minimum absolute atomic E-state index is 0.369. The molecule has 0 saturated heterocycles. The molecule has 4 aromatic rings. The first-order valence-electron chi connectivity index (χ1n) is 7.87. The Morgan fingerprint density at radius 1 is 1.08 bits per heavy atom. The Morgan fingerprint density at radius 2 is 1.88 bits per heavy atom. The van der Waals surface area contributed by atoms with E-state index in [1.54, 1.807) is 12.3 Å². The van der Waals surface area contributed by atoms with Gasteiger partial charge in [0.15, 0.2) is 0 Å². The van der Waals surface area contributed by atoms with Crippen LogP contribution >= 0.6 is 15.9 Å². The van der Waals surface area contributed by atoms with Crippen molar-refractivity contribution in [1.82, 2.24) is 9.78 Å². The molecule has 4 nitrogen and oxygen atoms in total. The first-order valence-corrected chi connectivity index (χ1v) is 8.66. The van der Waals surface area contributed by atoms with Crippen molar-refractivity contribution in [2.75, 3.05) is 7.11 Å². The highest BCUT2D eigenvalue weighted by atomic mass is 79.9. The number of benzene rings is 3. The number of carbonyl (C=O) groups is 1. The summed E-state index contributed by atoms with van der Waals surface area (Å²) in [4.78, 5) is 12.2. The molecule has 0 radical (unpaired) electrons. The van der Waals surface area contributed by atoms with Gasteiger partial charge in [-0.15, -0.1) is 0 Å². The van der Waals surface area contributed by atoms with Crippen molar-refractivity contribution < 1.29 is 9.53 Å². The van der Waals surface area contributed by atoms with E-state index in [-0.39, 0.29) is 5.97 Å². The van der Waals surface area contributed by atoms with Crippen LogP contribution in [0, 0.1) is 0 Å². The highest BCUT2D eigenvalue weighted by Gasteiger charge is 2.16. The molecule has 0 aliphatic rings. The van der Waals surface area contributed by atoms with Gasteiger partial charge >= 0.3 is 5.97 Å². The van der Waals surface area contributed by atoms with Crippen LogP contribution in [-0.4, -0.2) is 22.9 Å². The van der Waals surface area contributed by atoms with E-state index in [1.807, 2.05) is 22.9 Å². The summed E-state index contributed by atoms with van der Waals surface area (Å²) in [5.41, 5.74) is 2.41. The van der Waals surface area contributed by atoms with Crippen molar-refractivity contribution in [3.8, 4) is 0 Å². The highest BCUT2D eigenvalue weighted by molar-refractivity contribution is 9.10. The van der Waals surface area contributed by atoms with Crippen molar-refractivity contribution in [3.63, 3.8) is 0 Å². The number of halogens is 1. The number of aromatic nitrogens is 2. The van der Waals surface area contributed by atoms with Crippen LogP contribution < -0.4 is 0 Å². The van der Waals surface area contributed by atoms with Crippen LogP contribution in [0.5, 0.6) is 0 Å². The fourth-order valence-corrected chi connectivity index (χ4v) is 3.57. The fourth-order valence-electron chi connectivity index (χ4n) is 3.09. The Balaban J connectivity index is 1.82. The molecule has 5 heteroatoms. The smallest absolute Gasteiger partial charge is 0.340 e. The molecule has 1 aromatic heterocycles. The third-order valence-electron chi connectivity index (χ3n) is 4.25. The first-order chi connectivity index (χ1) is 12.2. The molecule has 0 unspecified atom stereocenters. The van der Waals surface area contributed by atoms with E-state index in [0.29, 0.717) is 12.1 Å². The van der Waals surface area contributed by atoms with Crippen molar-refractivity contribution in [1.29, 1.82) is 0 Å². The van der Waals surface area contributed by atoms with Gasteiger partial charge < -0.3 is 4.74 Å². The number of ether oxygens (including phenoxy) is 1. The quantitative estimate of drug-likeness (QED) is 0.469. The molecule has 0 aliphatic heterocycles. The average Bonchev–Trinajstić information content (AvgIpc) is 3.02. The van der Waals surface area contributed by atoms with Crippen molar-refractivity contribution >= 4 is 43.6 Å². The maximum absolute atomic E-state index is 12.2. The van der Waals surface area contributed by atoms with Crippen LogP contribution in [0.3, 0.4) is 0 Å². The summed E-state index contributed by atoms with van der Waals surface area (Å²) < 4.78 is 7.60. The van der Waals surface area contributed by atoms with Gasteiger partial charge in [-0.25, -0.2) is 4.79 Å². The monoisotopic (exact) mass is 394 g/mol. The lowest BCUT2D eigenvalue weighted by Crippen LogP contribution is -2.08. The molecule has 25 heavy (non-hydrogen) atoms. The van der Waals surface area contributed by atoms with E-state index in [0.717, 1.165) is 20.9 Å². The number of nitrogens with zero attached hydrogens (tertiary/aromatic N) is 2. The van der Waals surface area contributed by atoms with Gasteiger partial charge in [0.1, 0.15) is 0 Å². The predicted molar refractivity (Wildman–Crippen MR) is 102 cm³/mol. The molecule has 0 amide bonds. The van der Waals surface area contributed by atoms with Crippen molar-refractivity contribution in [3.05, 3.63) is 76.4 Å². The van der Waals surface area contributed by atoms with E-state index < -0.39 is 0 Å². The predicted octanol–water partition coefficient (Wildman–Crippen LogP) is 4.79. The van der Waals surface area contributed by atoms with Crippen molar-refractivity contribution in [2.24, 2.45) is 0 Å². The second-order valence-electron chi connectivity index (χ2n) is 5.87. The highest BCUT2D eigenvalue weighted by Crippen LogP contribution is 2.26. The number of rotatable bonds is 3. The number of methoxy groups -OCH3 is 1. The van der Waals surface area contributed by atoms with Crippen LogP contribution in [0.4, 0.5) is 0 Å². The number of hydrogen-bond donors (Lipinski definition) is 0. The molecule has 0 fully saturated rings. The average molecular weight is 395 g/mol. The summed E-state index contributed by atoms with van der Waals surface area (Å²) >= 11 is 3.44. The van der Waals surface area contributed by atoms with Gasteiger partial charge in [0.25, 0.3) is 0 Å². The van der Waals surface area contributed by atoms with E-state index in [2.05, 4.69) is 51.4 Å². The topological polar surface area (TPSA) is 44.1 Å². The Kier molecular flexibility index (Phi) is 4.01. The van der Waals surface area contributed by atoms with E-state index in [9.17, 15) is 4.79 Å². The fraction of sp³-hybridized carbons (Fsp3) is 0.100. The lowest BCUT2D eigenvalue weighted by molar-refractivity contribution is 0.0602. The lowest BCUT2D eigenvalue weighted by atomic mass is 10.1. The molecular weight excluding hydrogens is 380 g/mol. The van der Waals surface area contributed by atoms with Gasteiger partial charge in [-0.2, -0.15) is 5.10 Å². The summed E-state index contributed by atoms with van der Waals surface area (Å²) in [7, 11) is 1.39. The molecule has 0 bridgehead atoms. The van der Waals surface area contributed by atoms with Gasteiger partial charge in [0, 0.05) is 9.86 Å². The minimum Gasteiger partial charge on any atom is -0.465 e. The Morgan fingerprint density at radius 3 is 2.68 bits per heavy atom. The molecule has 0 spiro atoms. The first kappa shape index (κ1) is 15.8. The summed E-state index contributed by atoms with van der Waals surface area (Å²) in [6.45, 7) is 0.583. The molecule has 3 aromatic carbocycles.